The van der Waals surface area contributed by atoms with E-state index in [0.717, 1.165) is 0 Å². The largest absolute Gasteiger partial charge is 0.346 e. The molecule has 4 nitrogen and oxygen atoms in total. The quantitative estimate of drug-likeness (QED) is 0.704. The van der Waals surface area contributed by atoms with Gasteiger partial charge in [0.25, 0.3) is 0 Å². The van der Waals surface area contributed by atoms with Crippen molar-refractivity contribution >= 4 is 33.6 Å². The summed E-state index contributed by atoms with van der Waals surface area (Å²) in [7, 11) is 0. The molecular formula is C4H3BrClN3O. The maximum atomic E-state index is 10.5. The zero-order valence-corrected chi connectivity index (χ0v) is 7.03. The highest BCUT2D eigenvalue weighted by atomic mass is 79.9. The van der Waals surface area contributed by atoms with Crippen LogP contribution >= 0.6 is 27.7 Å². The van der Waals surface area contributed by atoms with Crippen molar-refractivity contribution in [2.75, 3.05) is 4.34 Å². The van der Waals surface area contributed by atoms with E-state index in [4.69, 9.17) is 11.6 Å². The Morgan fingerprint density at radius 2 is 2.50 bits per heavy atom. The number of rotatable bonds is 1. The van der Waals surface area contributed by atoms with Crippen molar-refractivity contribution in [3.63, 3.8) is 0 Å². The van der Waals surface area contributed by atoms with Gasteiger partial charge in [-0.2, -0.15) is 4.98 Å². The molecule has 6 heteroatoms. The number of aromatic amines is 1. The highest BCUT2D eigenvalue weighted by Crippen LogP contribution is 2.15. The molecule has 0 fully saturated rings. The van der Waals surface area contributed by atoms with Gasteiger partial charge in [-0.15, -0.1) is 0 Å². The van der Waals surface area contributed by atoms with Crippen molar-refractivity contribution in [3.05, 3.63) is 21.7 Å². The van der Waals surface area contributed by atoms with Crippen LogP contribution in [0.3, 0.4) is 0 Å². The second-order valence-electron chi connectivity index (χ2n) is 1.50. The maximum Gasteiger partial charge on any atom is 0.346 e. The van der Waals surface area contributed by atoms with E-state index in [2.05, 4.69) is 30.5 Å². The van der Waals surface area contributed by atoms with Crippen molar-refractivity contribution in [3.8, 4) is 0 Å². The normalized spacial score (nSPS) is 9.40. The van der Waals surface area contributed by atoms with E-state index in [1.165, 1.54) is 6.20 Å². The van der Waals surface area contributed by atoms with E-state index < -0.39 is 5.69 Å². The summed E-state index contributed by atoms with van der Waals surface area (Å²) < 4.78 is 2.49. The minimum atomic E-state index is -0.439. The fraction of sp³-hybridized carbons (Fsp3) is 0. The monoisotopic (exact) mass is 223 g/mol. The van der Waals surface area contributed by atoms with Gasteiger partial charge < -0.3 is 9.33 Å². The zero-order chi connectivity index (χ0) is 7.56. The fourth-order valence-electron chi connectivity index (χ4n) is 0.447. The minimum absolute atomic E-state index is 0.311. The smallest absolute Gasteiger partial charge is 0.311 e. The van der Waals surface area contributed by atoms with Crippen molar-refractivity contribution in [2.45, 2.75) is 0 Å². The molecule has 1 rings (SSSR count). The first kappa shape index (κ1) is 7.56. The summed E-state index contributed by atoms with van der Waals surface area (Å²) in [5, 5.41) is 0.358. The highest BCUT2D eigenvalue weighted by Gasteiger charge is 1.98. The van der Waals surface area contributed by atoms with Crippen LogP contribution in [0.4, 0.5) is 5.82 Å². The van der Waals surface area contributed by atoms with E-state index in [1.807, 2.05) is 0 Å². The molecule has 0 unspecified atom stereocenters. The summed E-state index contributed by atoms with van der Waals surface area (Å²) in [6, 6.07) is 0. The lowest BCUT2D eigenvalue weighted by Crippen LogP contribution is -2.10. The van der Waals surface area contributed by atoms with Gasteiger partial charge >= 0.3 is 5.69 Å². The molecule has 0 aliphatic heterocycles. The standard InChI is InChI=1S/C4H3BrClN3O/c5-9-3-2(6)1-7-4(10)8-3/h1H,(H2,7,8,9,10). The SMILES string of the molecule is O=c1nc(NBr)c(Cl)c[nH]1. The van der Waals surface area contributed by atoms with E-state index in [-0.39, 0.29) is 0 Å². The first-order valence-corrected chi connectivity index (χ1v) is 3.53. The maximum absolute atomic E-state index is 10.5. The third kappa shape index (κ3) is 1.48. The molecular weight excluding hydrogens is 221 g/mol. The zero-order valence-electron chi connectivity index (χ0n) is 4.69. The Morgan fingerprint density at radius 3 is 3.00 bits per heavy atom. The van der Waals surface area contributed by atoms with Crippen LogP contribution in [0.1, 0.15) is 0 Å². The first-order chi connectivity index (χ1) is 4.74. The molecule has 2 N–H and O–H groups in total. The minimum Gasteiger partial charge on any atom is -0.311 e. The Labute approximate surface area is 70.0 Å². The lowest BCUT2D eigenvalue weighted by molar-refractivity contribution is 1.09. The van der Waals surface area contributed by atoms with Gasteiger partial charge in [-0.25, -0.2) is 4.79 Å². The summed E-state index contributed by atoms with van der Waals surface area (Å²) in [6.07, 6.45) is 1.36. The molecule has 0 aromatic carbocycles. The van der Waals surface area contributed by atoms with E-state index in [0.29, 0.717) is 10.8 Å². The molecule has 0 radical (unpaired) electrons. The molecule has 1 aromatic rings. The number of nitrogens with zero attached hydrogens (tertiary/aromatic N) is 1. The number of hydrogen-bond donors (Lipinski definition) is 2. The summed E-state index contributed by atoms with van der Waals surface area (Å²) in [5.74, 6) is 0.311. The van der Waals surface area contributed by atoms with E-state index in [9.17, 15) is 4.79 Å². The molecule has 0 aliphatic rings. The number of nitrogens with one attached hydrogen (secondary N) is 2. The van der Waals surface area contributed by atoms with E-state index in [1.54, 1.807) is 0 Å². The molecule has 1 heterocycles. The molecule has 10 heavy (non-hydrogen) atoms. The molecule has 0 saturated heterocycles. The number of H-pyrrole nitrogens is 1. The Balaban J connectivity index is 3.22. The van der Waals surface area contributed by atoms with Crippen LogP contribution in [-0.2, 0) is 0 Å². The lowest BCUT2D eigenvalue weighted by Gasteiger charge is -1.95. The van der Waals surface area contributed by atoms with Crippen LogP contribution in [0.2, 0.25) is 5.02 Å². The van der Waals surface area contributed by atoms with Crippen LogP contribution in [-0.4, -0.2) is 9.97 Å². The Hall–Kier alpha value is -0.550. The predicted octanol–water partition coefficient (Wildman–Crippen LogP) is 1.15. The molecule has 0 saturated carbocycles. The van der Waals surface area contributed by atoms with Gasteiger partial charge in [0.1, 0.15) is 5.02 Å². The second-order valence-corrected chi connectivity index (χ2v) is 2.30. The number of hydrogen-bond acceptors (Lipinski definition) is 3. The van der Waals surface area contributed by atoms with Gasteiger partial charge in [-0.3, -0.25) is 0 Å². The van der Waals surface area contributed by atoms with Crippen LogP contribution in [0.25, 0.3) is 0 Å². The topological polar surface area (TPSA) is 57.8 Å². The van der Waals surface area contributed by atoms with Gasteiger partial charge in [0.2, 0.25) is 0 Å². The molecule has 1 aromatic heterocycles. The predicted molar refractivity (Wildman–Crippen MR) is 42.4 cm³/mol. The van der Waals surface area contributed by atoms with Crippen molar-refractivity contribution in [1.29, 1.82) is 0 Å². The first-order valence-electron chi connectivity index (χ1n) is 2.36. The van der Waals surface area contributed by atoms with Gasteiger partial charge in [0.15, 0.2) is 5.82 Å². The Kier molecular flexibility index (Phi) is 2.29. The second kappa shape index (κ2) is 3.03. The van der Waals surface area contributed by atoms with Crippen LogP contribution in [0, 0.1) is 0 Å². The summed E-state index contributed by atoms with van der Waals surface area (Å²) in [6.45, 7) is 0. The van der Waals surface area contributed by atoms with E-state index >= 15 is 0 Å². The summed E-state index contributed by atoms with van der Waals surface area (Å²) in [5.41, 5.74) is -0.439. The molecule has 0 bridgehead atoms. The van der Waals surface area contributed by atoms with Crippen molar-refractivity contribution in [2.24, 2.45) is 0 Å². The van der Waals surface area contributed by atoms with Crippen LogP contribution in [0.15, 0.2) is 11.0 Å². The van der Waals surface area contributed by atoms with Gasteiger partial charge in [-0.05, 0) is 0 Å². The number of anilines is 1. The summed E-state index contributed by atoms with van der Waals surface area (Å²) >= 11 is 8.46. The van der Waals surface area contributed by atoms with Crippen molar-refractivity contribution in [1.82, 2.24) is 9.97 Å². The van der Waals surface area contributed by atoms with Crippen LogP contribution < -0.4 is 10.0 Å². The molecule has 0 spiro atoms. The molecule has 0 amide bonds. The molecule has 0 aliphatic carbocycles. The Morgan fingerprint density at radius 1 is 1.80 bits per heavy atom. The number of halogens is 2. The van der Waals surface area contributed by atoms with Gasteiger partial charge in [0, 0.05) is 22.3 Å². The lowest BCUT2D eigenvalue weighted by atomic mass is 10.6. The third-order valence-corrected chi connectivity index (χ3v) is 1.52. The average Bonchev–Trinajstić information content (AvgIpc) is 1.94. The van der Waals surface area contributed by atoms with Gasteiger partial charge in [-0.1, -0.05) is 11.6 Å². The number of aromatic nitrogens is 2. The third-order valence-electron chi connectivity index (χ3n) is 0.851. The van der Waals surface area contributed by atoms with Crippen molar-refractivity contribution < 1.29 is 0 Å². The molecule has 0 atom stereocenters. The molecule has 54 valence electrons. The highest BCUT2D eigenvalue weighted by molar-refractivity contribution is 9.10. The van der Waals surface area contributed by atoms with Crippen LogP contribution in [0.5, 0.6) is 0 Å². The Bertz CT molecular complexity index is 286. The fourth-order valence-corrected chi connectivity index (χ4v) is 1.01. The van der Waals surface area contributed by atoms with Gasteiger partial charge in [0.05, 0.1) is 0 Å². The summed E-state index contributed by atoms with van der Waals surface area (Å²) in [4.78, 5) is 16.3. The average molecular weight is 224 g/mol.